The van der Waals surface area contributed by atoms with Gasteiger partial charge in [0.15, 0.2) is 4.34 Å². The fraction of sp³-hybridized carbons (Fsp3) is 0.158. The molecular formula is C19H16ClN5O2S2. The standard InChI is InChI=1S/C19H16ClN5O2S2/c1-11-6-7-12(8-13(11)20)21-18-23-24-19(29-18)28-10-17(27)25-9-16(26)22-14-4-2-3-5-15(14)25/h2-8H,9-10H2,1H3,(H,21,23)(H,22,26). The molecule has 7 nitrogen and oxygen atoms in total. The van der Waals surface area contributed by atoms with Gasteiger partial charge in [-0.1, -0.05) is 52.9 Å². The third kappa shape index (κ3) is 4.52. The Kier molecular flexibility index (Phi) is 5.70. The molecule has 2 aromatic carbocycles. The van der Waals surface area contributed by atoms with Gasteiger partial charge in [0.05, 0.1) is 17.1 Å². The quantitative estimate of drug-likeness (QED) is 0.568. The zero-order chi connectivity index (χ0) is 20.4. The maximum atomic E-state index is 12.7. The van der Waals surface area contributed by atoms with Crippen LogP contribution in [0.25, 0.3) is 0 Å². The Morgan fingerprint density at radius 2 is 2.14 bits per heavy atom. The molecule has 2 heterocycles. The van der Waals surface area contributed by atoms with E-state index >= 15 is 0 Å². The molecule has 29 heavy (non-hydrogen) atoms. The number of fused-ring (bicyclic) bond motifs is 1. The molecule has 0 spiro atoms. The molecule has 0 radical (unpaired) electrons. The number of carbonyl (C=O) groups excluding carboxylic acids is 2. The number of aromatic nitrogens is 2. The lowest BCUT2D eigenvalue weighted by molar-refractivity contribution is -0.120. The van der Waals surface area contributed by atoms with Gasteiger partial charge in [-0.3, -0.25) is 9.59 Å². The summed E-state index contributed by atoms with van der Waals surface area (Å²) in [7, 11) is 0. The molecule has 1 aliphatic heterocycles. The highest BCUT2D eigenvalue weighted by Crippen LogP contribution is 2.32. The number of halogens is 1. The number of anilines is 4. The fourth-order valence-corrected chi connectivity index (χ4v) is 4.60. The summed E-state index contributed by atoms with van der Waals surface area (Å²) in [5.41, 5.74) is 3.16. The van der Waals surface area contributed by atoms with E-state index in [9.17, 15) is 9.59 Å². The van der Waals surface area contributed by atoms with Crippen LogP contribution in [-0.4, -0.2) is 34.3 Å². The second-order valence-electron chi connectivity index (χ2n) is 6.30. The van der Waals surface area contributed by atoms with Crippen molar-refractivity contribution in [1.29, 1.82) is 0 Å². The number of hydrogen-bond donors (Lipinski definition) is 2. The molecule has 2 amide bonds. The number of thioether (sulfide) groups is 1. The van der Waals surface area contributed by atoms with Crippen LogP contribution in [0.5, 0.6) is 0 Å². The van der Waals surface area contributed by atoms with E-state index < -0.39 is 0 Å². The summed E-state index contributed by atoms with van der Waals surface area (Å²) < 4.78 is 0.661. The van der Waals surface area contributed by atoms with Gasteiger partial charge in [0.2, 0.25) is 16.9 Å². The summed E-state index contributed by atoms with van der Waals surface area (Å²) in [6, 6.07) is 12.9. The third-order valence-electron chi connectivity index (χ3n) is 4.22. The summed E-state index contributed by atoms with van der Waals surface area (Å²) in [6.45, 7) is 1.95. The number of carbonyl (C=O) groups is 2. The second-order valence-corrected chi connectivity index (χ2v) is 8.90. The van der Waals surface area contributed by atoms with Gasteiger partial charge in [0, 0.05) is 10.7 Å². The van der Waals surface area contributed by atoms with Crippen LogP contribution in [0.2, 0.25) is 5.02 Å². The number of rotatable bonds is 5. The Morgan fingerprint density at radius 1 is 1.31 bits per heavy atom. The maximum absolute atomic E-state index is 12.7. The van der Waals surface area contributed by atoms with Crippen LogP contribution in [0.3, 0.4) is 0 Å². The van der Waals surface area contributed by atoms with Gasteiger partial charge in [-0.2, -0.15) is 0 Å². The summed E-state index contributed by atoms with van der Waals surface area (Å²) in [5, 5.41) is 15.4. The van der Waals surface area contributed by atoms with Gasteiger partial charge in [-0.05, 0) is 36.8 Å². The predicted molar refractivity (Wildman–Crippen MR) is 118 cm³/mol. The molecule has 1 aromatic heterocycles. The highest BCUT2D eigenvalue weighted by Gasteiger charge is 2.26. The Balaban J connectivity index is 1.39. The zero-order valence-electron chi connectivity index (χ0n) is 15.3. The normalized spacial score (nSPS) is 13.0. The minimum Gasteiger partial charge on any atom is -0.330 e. The lowest BCUT2D eigenvalue weighted by atomic mass is 10.2. The van der Waals surface area contributed by atoms with E-state index in [2.05, 4.69) is 20.8 Å². The molecule has 10 heteroatoms. The monoisotopic (exact) mass is 445 g/mol. The summed E-state index contributed by atoms with van der Waals surface area (Å²) in [6.07, 6.45) is 0. The SMILES string of the molecule is Cc1ccc(Nc2nnc(SCC(=O)N3CC(=O)Nc4ccccc43)s2)cc1Cl. The third-order valence-corrected chi connectivity index (χ3v) is 6.58. The van der Waals surface area contributed by atoms with E-state index in [0.717, 1.165) is 11.3 Å². The minimum atomic E-state index is -0.207. The first-order valence-corrected chi connectivity index (χ1v) is 10.9. The first-order valence-electron chi connectivity index (χ1n) is 8.68. The summed E-state index contributed by atoms with van der Waals surface area (Å²) >= 11 is 8.78. The smallest absolute Gasteiger partial charge is 0.244 e. The number of nitrogens with zero attached hydrogens (tertiary/aromatic N) is 3. The molecule has 0 atom stereocenters. The summed E-state index contributed by atoms with van der Waals surface area (Å²) in [5.74, 6) is -0.208. The van der Waals surface area contributed by atoms with E-state index in [0.29, 0.717) is 25.9 Å². The number of nitrogens with one attached hydrogen (secondary N) is 2. The average Bonchev–Trinajstić information content (AvgIpc) is 3.15. The van der Waals surface area contributed by atoms with Crippen LogP contribution in [0, 0.1) is 6.92 Å². The molecule has 0 fully saturated rings. The molecule has 4 rings (SSSR count). The number of benzene rings is 2. The highest BCUT2D eigenvalue weighted by molar-refractivity contribution is 8.01. The van der Waals surface area contributed by atoms with Crippen molar-refractivity contribution in [2.45, 2.75) is 11.3 Å². The first kappa shape index (κ1) is 19.7. The second kappa shape index (κ2) is 8.40. The van der Waals surface area contributed by atoms with Crippen LogP contribution >= 0.6 is 34.7 Å². The van der Waals surface area contributed by atoms with E-state index in [1.807, 2.05) is 43.3 Å². The average molecular weight is 446 g/mol. The lowest BCUT2D eigenvalue weighted by Crippen LogP contribution is -2.43. The van der Waals surface area contributed by atoms with Crippen molar-refractivity contribution in [1.82, 2.24) is 10.2 Å². The molecule has 148 valence electrons. The molecule has 2 N–H and O–H groups in total. The lowest BCUT2D eigenvalue weighted by Gasteiger charge is -2.28. The predicted octanol–water partition coefficient (Wildman–Crippen LogP) is 4.32. The van der Waals surface area contributed by atoms with Gasteiger partial charge in [0.1, 0.15) is 6.54 Å². The van der Waals surface area contributed by atoms with Gasteiger partial charge in [-0.25, -0.2) is 0 Å². The van der Waals surface area contributed by atoms with Crippen molar-refractivity contribution in [3.05, 3.63) is 53.1 Å². The zero-order valence-corrected chi connectivity index (χ0v) is 17.7. The van der Waals surface area contributed by atoms with Crippen molar-refractivity contribution in [2.75, 3.05) is 27.8 Å². The largest absolute Gasteiger partial charge is 0.330 e. The van der Waals surface area contributed by atoms with Crippen molar-refractivity contribution < 1.29 is 9.59 Å². The Bertz CT molecular complexity index is 1090. The molecule has 3 aromatic rings. The van der Waals surface area contributed by atoms with Crippen LogP contribution < -0.4 is 15.5 Å². The van der Waals surface area contributed by atoms with Gasteiger partial charge < -0.3 is 15.5 Å². The fourth-order valence-electron chi connectivity index (χ4n) is 2.77. The van der Waals surface area contributed by atoms with Gasteiger partial charge in [0.25, 0.3) is 0 Å². The van der Waals surface area contributed by atoms with Crippen LogP contribution in [0.4, 0.5) is 22.2 Å². The number of aryl methyl sites for hydroxylation is 1. The Morgan fingerprint density at radius 3 is 2.97 bits per heavy atom. The number of hydrogen-bond acceptors (Lipinski definition) is 7. The van der Waals surface area contributed by atoms with Crippen molar-refractivity contribution in [3.8, 4) is 0 Å². The van der Waals surface area contributed by atoms with E-state index in [1.54, 1.807) is 6.07 Å². The van der Waals surface area contributed by atoms with Crippen LogP contribution in [0.15, 0.2) is 46.8 Å². The molecule has 0 bridgehead atoms. The maximum Gasteiger partial charge on any atom is 0.244 e. The van der Waals surface area contributed by atoms with Gasteiger partial charge >= 0.3 is 0 Å². The van der Waals surface area contributed by atoms with E-state index in [1.165, 1.54) is 28.0 Å². The van der Waals surface area contributed by atoms with E-state index in [4.69, 9.17) is 11.6 Å². The van der Waals surface area contributed by atoms with Crippen molar-refractivity contribution in [3.63, 3.8) is 0 Å². The molecular weight excluding hydrogens is 430 g/mol. The van der Waals surface area contributed by atoms with Crippen LogP contribution in [-0.2, 0) is 9.59 Å². The van der Waals surface area contributed by atoms with Crippen molar-refractivity contribution >= 4 is 68.7 Å². The molecule has 1 aliphatic rings. The molecule has 0 saturated carbocycles. The molecule has 0 aliphatic carbocycles. The van der Waals surface area contributed by atoms with Crippen molar-refractivity contribution in [2.24, 2.45) is 0 Å². The topological polar surface area (TPSA) is 87.2 Å². The molecule has 0 saturated heterocycles. The van der Waals surface area contributed by atoms with E-state index in [-0.39, 0.29) is 24.1 Å². The molecule has 0 unspecified atom stereocenters. The first-order chi connectivity index (χ1) is 14.0. The summed E-state index contributed by atoms with van der Waals surface area (Å²) in [4.78, 5) is 26.1. The highest BCUT2D eigenvalue weighted by atomic mass is 35.5. The Hall–Kier alpha value is -2.62. The Labute approximate surface area is 180 Å². The van der Waals surface area contributed by atoms with Crippen LogP contribution in [0.1, 0.15) is 5.56 Å². The van der Waals surface area contributed by atoms with Gasteiger partial charge in [-0.15, -0.1) is 10.2 Å². The number of amides is 2. The minimum absolute atomic E-state index is 0.00745. The number of para-hydroxylation sites is 2.